The average Bonchev–Trinajstić information content (AvgIpc) is 2.73. The predicted molar refractivity (Wildman–Crippen MR) is 112 cm³/mol. The monoisotopic (exact) mass is 448 g/mol. The molecule has 0 saturated heterocycles. The summed E-state index contributed by atoms with van der Waals surface area (Å²) in [5.41, 5.74) is 0.815. The van der Waals surface area contributed by atoms with Gasteiger partial charge >= 0.3 is 6.18 Å². The van der Waals surface area contributed by atoms with Crippen molar-refractivity contribution in [2.75, 3.05) is 19.4 Å². The van der Waals surface area contributed by atoms with Crippen LogP contribution in [0.15, 0.2) is 77.7 Å². The van der Waals surface area contributed by atoms with Crippen molar-refractivity contribution in [2.45, 2.75) is 11.1 Å². The molecule has 0 bridgehead atoms. The normalized spacial score (nSPS) is 12.1. The second-order valence-electron chi connectivity index (χ2n) is 6.89. The molecule has 162 valence electrons. The van der Waals surface area contributed by atoms with Crippen LogP contribution in [0.4, 0.5) is 18.9 Å². The second kappa shape index (κ2) is 8.52. The van der Waals surface area contributed by atoms with E-state index in [4.69, 9.17) is 0 Å². The van der Waals surface area contributed by atoms with Crippen molar-refractivity contribution < 1.29 is 26.4 Å². The molecule has 3 aromatic rings. The Bertz CT molecular complexity index is 1190. The van der Waals surface area contributed by atoms with Crippen molar-refractivity contribution in [3.05, 3.63) is 83.9 Å². The first kappa shape index (κ1) is 22.5. The van der Waals surface area contributed by atoms with E-state index in [-0.39, 0.29) is 10.5 Å². The van der Waals surface area contributed by atoms with Crippen LogP contribution in [-0.4, -0.2) is 32.7 Å². The molecule has 9 heteroatoms. The molecule has 0 fully saturated rings. The molecule has 0 aromatic heterocycles. The van der Waals surface area contributed by atoms with E-state index in [0.29, 0.717) is 16.8 Å². The summed E-state index contributed by atoms with van der Waals surface area (Å²) >= 11 is 0. The number of hydrogen-bond donors (Lipinski definition) is 1. The van der Waals surface area contributed by atoms with E-state index in [9.17, 15) is 26.4 Å². The smallest absolute Gasteiger partial charge is 0.322 e. The summed E-state index contributed by atoms with van der Waals surface area (Å²) < 4.78 is 63.8. The predicted octanol–water partition coefficient (Wildman–Crippen LogP) is 4.88. The van der Waals surface area contributed by atoms with Crippen LogP contribution < -0.4 is 5.32 Å². The van der Waals surface area contributed by atoms with E-state index in [1.165, 1.54) is 50.5 Å². The summed E-state index contributed by atoms with van der Waals surface area (Å²) in [6.07, 6.45) is -4.44. The number of amides is 1. The highest BCUT2D eigenvalue weighted by Gasteiger charge is 2.30. The van der Waals surface area contributed by atoms with Crippen molar-refractivity contribution in [2.24, 2.45) is 0 Å². The highest BCUT2D eigenvalue weighted by molar-refractivity contribution is 7.89. The topological polar surface area (TPSA) is 66.5 Å². The van der Waals surface area contributed by atoms with Gasteiger partial charge in [0.25, 0.3) is 5.91 Å². The lowest BCUT2D eigenvalue weighted by Crippen LogP contribution is -2.22. The first-order valence-electron chi connectivity index (χ1n) is 9.11. The lowest BCUT2D eigenvalue weighted by Gasteiger charge is -2.13. The van der Waals surface area contributed by atoms with Crippen LogP contribution in [0.2, 0.25) is 0 Å². The number of anilines is 1. The van der Waals surface area contributed by atoms with Gasteiger partial charge in [0.2, 0.25) is 10.0 Å². The number of hydrogen-bond acceptors (Lipinski definition) is 3. The SMILES string of the molecule is CN(C)S(=O)(=O)c1ccc(NC(=O)c2ccccc2-c2ccc(C(F)(F)F)cc2)cc1. The van der Waals surface area contributed by atoms with E-state index in [2.05, 4.69) is 5.32 Å². The molecule has 31 heavy (non-hydrogen) atoms. The summed E-state index contributed by atoms with van der Waals surface area (Å²) in [4.78, 5) is 12.9. The summed E-state index contributed by atoms with van der Waals surface area (Å²) in [6, 6.07) is 16.8. The second-order valence-corrected chi connectivity index (χ2v) is 9.04. The van der Waals surface area contributed by atoms with Crippen molar-refractivity contribution in [1.82, 2.24) is 4.31 Å². The number of carbonyl (C=O) groups is 1. The minimum atomic E-state index is -4.44. The van der Waals surface area contributed by atoms with Gasteiger partial charge in [-0.2, -0.15) is 13.2 Å². The van der Waals surface area contributed by atoms with Crippen LogP contribution in [0.25, 0.3) is 11.1 Å². The number of nitrogens with one attached hydrogen (secondary N) is 1. The molecule has 0 heterocycles. The van der Waals surface area contributed by atoms with Gasteiger partial charge in [0.05, 0.1) is 10.5 Å². The van der Waals surface area contributed by atoms with E-state index in [1.807, 2.05) is 0 Å². The van der Waals surface area contributed by atoms with Gasteiger partial charge in [0, 0.05) is 25.3 Å². The van der Waals surface area contributed by atoms with Gasteiger partial charge in [0.1, 0.15) is 0 Å². The summed E-state index contributed by atoms with van der Waals surface area (Å²) in [5, 5.41) is 2.68. The number of benzene rings is 3. The Hall–Kier alpha value is -3.17. The Morgan fingerprint density at radius 2 is 1.45 bits per heavy atom. The molecule has 0 saturated carbocycles. The molecular weight excluding hydrogens is 429 g/mol. The Balaban J connectivity index is 1.85. The Kier molecular flexibility index (Phi) is 6.19. The lowest BCUT2D eigenvalue weighted by molar-refractivity contribution is -0.137. The Morgan fingerprint density at radius 3 is 2.00 bits per heavy atom. The average molecular weight is 448 g/mol. The summed E-state index contributed by atoms with van der Waals surface area (Å²) in [6.45, 7) is 0. The molecule has 1 amide bonds. The lowest BCUT2D eigenvalue weighted by atomic mass is 9.98. The minimum absolute atomic E-state index is 0.0839. The van der Waals surface area contributed by atoms with Crippen LogP contribution in [0, 0.1) is 0 Å². The molecule has 0 aliphatic rings. The third-order valence-corrected chi connectivity index (χ3v) is 6.42. The molecule has 1 N–H and O–H groups in total. The van der Waals surface area contributed by atoms with Gasteiger partial charge in [-0.25, -0.2) is 12.7 Å². The van der Waals surface area contributed by atoms with Crippen LogP contribution >= 0.6 is 0 Å². The van der Waals surface area contributed by atoms with Crippen LogP contribution in [0.3, 0.4) is 0 Å². The van der Waals surface area contributed by atoms with Crippen molar-refractivity contribution in [3.63, 3.8) is 0 Å². The van der Waals surface area contributed by atoms with Gasteiger partial charge in [0.15, 0.2) is 0 Å². The number of sulfonamides is 1. The zero-order valence-electron chi connectivity index (χ0n) is 16.6. The van der Waals surface area contributed by atoms with Crippen molar-refractivity contribution >= 4 is 21.6 Å². The van der Waals surface area contributed by atoms with Crippen LogP contribution in [-0.2, 0) is 16.2 Å². The van der Waals surface area contributed by atoms with Gasteiger partial charge in [-0.15, -0.1) is 0 Å². The highest BCUT2D eigenvalue weighted by atomic mass is 32.2. The molecule has 0 aliphatic carbocycles. The van der Waals surface area contributed by atoms with Gasteiger partial charge in [-0.05, 0) is 53.6 Å². The maximum absolute atomic E-state index is 12.8. The quantitative estimate of drug-likeness (QED) is 0.605. The molecule has 3 aromatic carbocycles. The van der Waals surface area contributed by atoms with Gasteiger partial charge < -0.3 is 5.32 Å². The third-order valence-electron chi connectivity index (χ3n) is 4.59. The standard InChI is InChI=1S/C22H19F3N2O3S/c1-27(2)31(29,30)18-13-11-17(12-14-18)26-21(28)20-6-4-3-5-19(20)15-7-9-16(10-8-15)22(23,24)25/h3-14H,1-2H3,(H,26,28). The minimum Gasteiger partial charge on any atom is -0.322 e. The number of halogens is 3. The molecule has 0 radical (unpaired) electrons. The van der Waals surface area contributed by atoms with E-state index in [1.54, 1.807) is 24.3 Å². The molecule has 5 nitrogen and oxygen atoms in total. The third kappa shape index (κ3) is 4.95. The van der Waals surface area contributed by atoms with Crippen molar-refractivity contribution in [3.8, 4) is 11.1 Å². The number of carbonyl (C=O) groups excluding carboxylic acids is 1. The highest BCUT2D eigenvalue weighted by Crippen LogP contribution is 2.32. The summed E-state index contributed by atoms with van der Waals surface area (Å²) in [7, 11) is -0.751. The van der Waals surface area contributed by atoms with E-state index < -0.39 is 27.7 Å². The maximum atomic E-state index is 12.8. The summed E-state index contributed by atoms with van der Waals surface area (Å²) in [5.74, 6) is -0.473. The Morgan fingerprint density at radius 1 is 0.871 bits per heavy atom. The fourth-order valence-corrected chi connectivity index (χ4v) is 3.79. The van der Waals surface area contributed by atoms with Crippen LogP contribution in [0.5, 0.6) is 0 Å². The molecule has 0 spiro atoms. The molecule has 3 rings (SSSR count). The zero-order valence-corrected chi connectivity index (χ0v) is 17.5. The molecule has 0 aliphatic heterocycles. The fourth-order valence-electron chi connectivity index (χ4n) is 2.89. The molecule has 0 unspecified atom stereocenters. The van der Waals surface area contributed by atoms with E-state index in [0.717, 1.165) is 16.4 Å². The number of alkyl halides is 3. The Labute approximate surface area is 178 Å². The van der Waals surface area contributed by atoms with Gasteiger partial charge in [-0.3, -0.25) is 4.79 Å². The first-order chi connectivity index (χ1) is 14.5. The maximum Gasteiger partial charge on any atom is 0.416 e. The number of nitrogens with zero attached hydrogens (tertiary/aromatic N) is 1. The molecular formula is C22H19F3N2O3S. The first-order valence-corrected chi connectivity index (χ1v) is 10.5. The van der Waals surface area contributed by atoms with Crippen molar-refractivity contribution in [1.29, 1.82) is 0 Å². The largest absolute Gasteiger partial charge is 0.416 e. The van der Waals surface area contributed by atoms with Crippen LogP contribution in [0.1, 0.15) is 15.9 Å². The number of rotatable bonds is 5. The van der Waals surface area contributed by atoms with E-state index >= 15 is 0 Å². The fraction of sp³-hybridized carbons (Fsp3) is 0.136. The zero-order chi connectivity index (χ0) is 22.8. The van der Waals surface area contributed by atoms with Gasteiger partial charge in [-0.1, -0.05) is 30.3 Å². The molecule has 0 atom stereocenters.